The number of carbonyl (C=O) groups is 1. The first-order valence-corrected chi connectivity index (χ1v) is 4.05. The third-order valence-electron chi connectivity index (χ3n) is 1.97. The maximum atomic E-state index is 10.4. The summed E-state index contributed by atoms with van der Waals surface area (Å²) in [6.45, 7) is 9.88. The fourth-order valence-corrected chi connectivity index (χ4v) is 0.547. The largest absolute Gasteiger partial charge is 0.478 e. The highest BCUT2D eigenvalue weighted by Gasteiger charge is 2.15. The van der Waals surface area contributed by atoms with Crippen LogP contribution in [0.25, 0.3) is 0 Å². The van der Waals surface area contributed by atoms with Crippen molar-refractivity contribution in [1.29, 1.82) is 0 Å². The standard InChI is InChI=1S/C9H17NO2/c1-5-9(3,4)10-6-7(2)8(11)12/h10H,2,5-6H2,1,3-4H3,(H,11,12). The van der Waals surface area contributed by atoms with E-state index in [4.69, 9.17) is 5.11 Å². The molecule has 3 nitrogen and oxygen atoms in total. The molecule has 0 aliphatic carbocycles. The molecule has 0 aliphatic heterocycles. The minimum atomic E-state index is -0.936. The van der Waals surface area contributed by atoms with Crippen LogP contribution in [0.2, 0.25) is 0 Å². The van der Waals surface area contributed by atoms with Gasteiger partial charge in [0.05, 0.1) is 0 Å². The first-order valence-electron chi connectivity index (χ1n) is 4.05. The molecule has 0 radical (unpaired) electrons. The van der Waals surface area contributed by atoms with Crippen molar-refractivity contribution in [3.8, 4) is 0 Å². The quantitative estimate of drug-likeness (QED) is 0.615. The number of carboxylic acids is 1. The second-order valence-corrected chi connectivity index (χ2v) is 3.50. The average molecular weight is 171 g/mol. The smallest absolute Gasteiger partial charge is 0.332 e. The highest BCUT2D eigenvalue weighted by molar-refractivity contribution is 5.86. The van der Waals surface area contributed by atoms with Crippen molar-refractivity contribution in [1.82, 2.24) is 5.32 Å². The Kier molecular flexibility index (Phi) is 3.96. The SMILES string of the molecule is C=C(CNC(C)(C)CC)C(=O)O. The van der Waals surface area contributed by atoms with E-state index in [0.29, 0.717) is 6.54 Å². The Balaban J connectivity index is 3.83. The van der Waals surface area contributed by atoms with Crippen LogP contribution in [0.1, 0.15) is 27.2 Å². The van der Waals surface area contributed by atoms with Crippen molar-refractivity contribution in [2.24, 2.45) is 0 Å². The zero-order valence-electron chi connectivity index (χ0n) is 7.98. The van der Waals surface area contributed by atoms with E-state index in [2.05, 4.69) is 18.8 Å². The fourth-order valence-electron chi connectivity index (χ4n) is 0.547. The van der Waals surface area contributed by atoms with Gasteiger partial charge in [-0.2, -0.15) is 0 Å². The summed E-state index contributed by atoms with van der Waals surface area (Å²) in [4.78, 5) is 10.4. The molecule has 0 aliphatic rings. The summed E-state index contributed by atoms with van der Waals surface area (Å²) in [5.74, 6) is -0.936. The van der Waals surface area contributed by atoms with E-state index in [1.54, 1.807) is 0 Å². The van der Waals surface area contributed by atoms with Crippen LogP contribution >= 0.6 is 0 Å². The lowest BCUT2D eigenvalue weighted by Crippen LogP contribution is -2.40. The number of carboxylic acid groups (broad SMARTS) is 1. The molecule has 0 heterocycles. The first-order chi connectivity index (χ1) is 5.39. The van der Waals surface area contributed by atoms with Gasteiger partial charge in [-0.15, -0.1) is 0 Å². The van der Waals surface area contributed by atoms with Gasteiger partial charge in [0.2, 0.25) is 0 Å². The molecule has 0 unspecified atom stereocenters. The Bertz CT molecular complexity index is 185. The summed E-state index contributed by atoms with van der Waals surface area (Å²) in [5.41, 5.74) is 0.190. The molecule has 0 aromatic heterocycles. The van der Waals surface area contributed by atoms with Crippen LogP contribution in [0.5, 0.6) is 0 Å². The Morgan fingerprint density at radius 1 is 1.58 bits per heavy atom. The summed E-state index contributed by atoms with van der Waals surface area (Å²) in [5, 5.41) is 11.6. The molecule has 0 saturated heterocycles. The third-order valence-corrected chi connectivity index (χ3v) is 1.97. The number of hydrogen-bond acceptors (Lipinski definition) is 2. The maximum Gasteiger partial charge on any atom is 0.332 e. The average Bonchev–Trinajstić information content (AvgIpc) is 2.00. The summed E-state index contributed by atoms with van der Waals surface area (Å²) >= 11 is 0. The molecule has 2 N–H and O–H groups in total. The van der Waals surface area contributed by atoms with E-state index in [9.17, 15) is 4.79 Å². The van der Waals surface area contributed by atoms with Gasteiger partial charge >= 0.3 is 5.97 Å². The second-order valence-electron chi connectivity index (χ2n) is 3.50. The first kappa shape index (κ1) is 11.2. The lowest BCUT2D eigenvalue weighted by molar-refractivity contribution is -0.132. The number of hydrogen-bond donors (Lipinski definition) is 2. The van der Waals surface area contributed by atoms with Gasteiger partial charge in [-0.05, 0) is 20.3 Å². The Morgan fingerprint density at radius 3 is 2.42 bits per heavy atom. The van der Waals surface area contributed by atoms with Gasteiger partial charge in [-0.1, -0.05) is 13.5 Å². The molecule has 0 aromatic rings. The van der Waals surface area contributed by atoms with Gasteiger partial charge < -0.3 is 10.4 Å². The van der Waals surface area contributed by atoms with Gasteiger partial charge in [0.15, 0.2) is 0 Å². The highest BCUT2D eigenvalue weighted by atomic mass is 16.4. The molecule has 0 bridgehead atoms. The van der Waals surface area contributed by atoms with Crippen LogP contribution in [0.3, 0.4) is 0 Å². The molecule has 0 rings (SSSR count). The number of rotatable bonds is 5. The molecule has 0 fully saturated rings. The molecule has 0 spiro atoms. The van der Waals surface area contributed by atoms with Gasteiger partial charge in [-0.3, -0.25) is 0 Å². The Morgan fingerprint density at radius 2 is 2.08 bits per heavy atom. The molecule has 3 heteroatoms. The zero-order chi connectivity index (χ0) is 9.78. The monoisotopic (exact) mass is 171 g/mol. The van der Waals surface area contributed by atoms with Gasteiger partial charge in [0.1, 0.15) is 0 Å². The van der Waals surface area contributed by atoms with Crippen LogP contribution < -0.4 is 5.32 Å². The molecule has 0 saturated carbocycles. The minimum absolute atomic E-state index is 0.0155. The van der Waals surface area contributed by atoms with Crippen molar-refractivity contribution in [3.63, 3.8) is 0 Å². The summed E-state index contributed by atoms with van der Waals surface area (Å²) in [6.07, 6.45) is 0.958. The van der Waals surface area contributed by atoms with Gasteiger partial charge in [0.25, 0.3) is 0 Å². The predicted molar refractivity (Wildman–Crippen MR) is 49.1 cm³/mol. The van der Waals surface area contributed by atoms with Crippen molar-refractivity contribution in [3.05, 3.63) is 12.2 Å². The van der Waals surface area contributed by atoms with Crippen LogP contribution in [-0.2, 0) is 4.79 Å². The fraction of sp³-hybridized carbons (Fsp3) is 0.667. The Labute approximate surface area is 73.5 Å². The van der Waals surface area contributed by atoms with Crippen LogP contribution in [0.15, 0.2) is 12.2 Å². The van der Waals surface area contributed by atoms with E-state index < -0.39 is 5.97 Å². The maximum absolute atomic E-state index is 10.4. The van der Waals surface area contributed by atoms with E-state index in [0.717, 1.165) is 6.42 Å². The van der Waals surface area contributed by atoms with E-state index in [1.165, 1.54) is 0 Å². The second kappa shape index (κ2) is 4.26. The number of nitrogens with one attached hydrogen (secondary N) is 1. The lowest BCUT2D eigenvalue weighted by Gasteiger charge is -2.24. The van der Waals surface area contributed by atoms with Crippen molar-refractivity contribution in [2.75, 3.05) is 6.54 Å². The summed E-state index contributed by atoms with van der Waals surface area (Å²) in [6, 6.07) is 0. The molecule has 0 aromatic carbocycles. The van der Waals surface area contributed by atoms with Crippen LogP contribution in [0, 0.1) is 0 Å². The summed E-state index contributed by atoms with van der Waals surface area (Å²) in [7, 11) is 0. The lowest BCUT2D eigenvalue weighted by atomic mass is 10.0. The van der Waals surface area contributed by atoms with Crippen molar-refractivity contribution < 1.29 is 9.90 Å². The van der Waals surface area contributed by atoms with Crippen molar-refractivity contribution in [2.45, 2.75) is 32.7 Å². The zero-order valence-corrected chi connectivity index (χ0v) is 7.98. The molecule has 0 amide bonds. The Hall–Kier alpha value is -0.830. The van der Waals surface area contributed by atoms with Crippen LogP contribution in [-0.4, -0.2) is 23.2 Å². The molecular weight excluding hydrogens is 154 g/mol. The predicted octanol–water partition coefficient (Wildman–Crippen LogP) is 1.41. The molecule has 0 atom stereocenters. The third kappa shape index (κ3) is 4.13. The van der Waals surface area contributed by atoms with Gasteiger partial charge in [-0.25, -0.2) is 4.79 Å². The minimum Gasteiger partial charge on any atom is -0.478 e. The number of aliphatic carboxylic acids is 1. The van der Waals surface area contributed by atoms with Crippen LogP contribution in [0.4, 0.5) is 0 Å². The summed E-state index contributed by atoms with van der Waals surface area (Å²) < 4.78 is 0. The van der Waals surface area contributed by atoms with E-state index >= 15 is 0 Å². The highest BCUT2D eigenvalue weighted by Crippen LogP contribution is 2.06. The van der Waals surface area contributed by atoms with E-state index in [-0.39, 0.29) is 11.1 Å². The molecule has 12 heavy (non-hydrogen) atoms. The normalized spacial score (nSPS) is 11.2. The topological polar surface area (TPSA) is 49.3 Å². The molecular formula is C9H17NO2. The van der Waals surface area contributed by atoms with Crippen molar-refractivity contribution >= 4 is 5.97 Å². The van der Waals surface area contributed by atoms with E-state index in [1.807, 2.05) is 13.8 Å². The molecule has 70 valence electrons. The van der Waals surface area contributed by atoms with Gasteiger partial charge in [0, 0.05) is 17.7 Å².